The minimum Gasteiger partial charge on any atom is -0.392 e. The number of aliphatic hydroxyl groups excluding tert-OH is 2. The second kappa shape index (κ2) is 5.84. The molecule has 0 saturated heterocycles. The van der Waals surface area contributed by atoms with Crippen molar-refractivity contribution in [3.8, 4) is 0 Å². The zero-order valence-electron chi connectivity index (χ0n) is 15.4. The Balaban J connectivity index is 2.23. The van der Waals surface area contributed by atoms with Gasteiger partial charge in [0.2, 0.25) is 0 Å². The lowest BCUT2D eigenvalue weighted by molar-refractivity contribution is -0.223. The summed E-state index contributed by atoms with van der Waals surface area (Å²) >= 11 is 0. The Morgan fingerprint density at radius 1 is 1.31 bits per heavy atom. The number of Topliss-reactive ketones (excluding diaryl/α,β-unsaturated/α-hetero) is 1. The molecule has 0 aliphatic heterocycles. The topological polar surface area (TPSA) is 118 Å². The Kier molecular flexibility index (Phi) is 4.37. The first-order valence-corrected chi connectivity index (χ1v) is 8.97. The highest BCUT2D eigenvalue weighted by Crippen LogP contribution is 2.57. The Hall–Kier alpha value is -1.31. The maximum Gasteiger partial charge on any atom is 0.190 e. The summed E-state index contributed by atoms with van der Waals surface area (Å²) in [6, 6.07) is 0. The van der Waals surface area contributed by atoms with Crippen molar-refractivity contribution in [1.29, 1.82) is 0 Å². The van der Waals surface area contributed by atoms with Gasteiger partial charge in [-0.15, -0.1) is 0 Å². The van der Waals surface area contributed by atoms with E-state index in [1.165, 1.54) is 6.08 Å². The fraction of sp³-hybridized carbons (Fsp3) is 0.650. The first kappa shape index (κ1) is 19.5. The van der Waals surface area contributed by atoms with Crippen LogP contribution >= 0.6 is 0 Å². The fourth-order valence-electron chi connectivity index (χ4n) is 5.21. The van der Waals surface area contributed by atoms with E-state index < -0.39 is 53.1 Å². The Morgan fingerprint density at radius 2 is 1.92 bits per heavy atom. The van der Waals surface area contributed by atoms with Crippen LogP contribution in [0.1, 0.15) is 33.6 Å². The van der Waals surface area contributed by atoms with Gasteiger partial charge in [-0.05, 0) is 42.9 Å². The average molecular weight is 364 g/mol. The Morgan fingerprint density at radius 3 is 2.46 bits per heavy atom. The summed E-state index contributed by atoms with van der Waals surface area (Å²) in [5, 5.41) is 54.6. The van der Waals surface area contributed by atoms with E-state index in [1.54, 1.807) is 26.8 Å². The van der Waals surface area contributed by atoms with E-state index >= 15 is 0 Å². The van der Waals surface area contributed by atoms with E-state index in [2.05, 4.69) is 6.58 Å². The molecule has 6 nitrogen and oxygen atoms in total. The summed E-state index contributed by atoms with van der Waals surface area (Å²) in [4.78, 5) is 12.7. The third-order valence-corrected chi connectivity index (χ3v) is 6.80. The summed E-state index contributed by atoms with van der Waals surface area (Å²) in [5.41, 5.74) is -4.03. The van der Waals surface area contributed by atoms with Gasteiger partial charge in [0.05, 0.1) is 18.3 Å². The number of carbonyl (C=O) groups is 1. The molecule has 0 amide bonds. The Labute approximate surface area is 153 Å². The monoisotopic (exact) mass is 364 g/mol. The third kappa shape index (κ3) is 2.26. The minimum absolute atomic E-state index is 0.0481. The van der Waals surface area contributed by atoms with Gasteiger partial charge < -0.3 is 25.5 Å². The molecule has 144 valence electrons. The van der Waals surface area contributed by atoms with Gasteiger partial charge in [0.25, 0.3) is 0 Å². The minimum atomic E-state index is -1.87. The van der Waals surface area contributed by atoms with Crippen LogP contribution in [0.3, 0.4) is 0 Å². The van der Waals surface area contributed by atoms with Crippen LogP contribution in [0, 0.1) is 17.8 Å². The van der Waals surface area contributed by atoms with Crippen LogP contribution in [0.5, 0.6) is 0 Å². The normalized spacial score (nSPS) is 48.2. The van der Waals surface area contributed by atoms with Gasteiger partial charge in [-0.1, -0.05) is 25.7 Å². The lowest BCUT2D eigenvalue weighted by Crippen LogP contribution is -2.68. The second-order valence-electron chi connectivity index (χ2n) is 8.41. The highest BCUT2D eigenvalue weighted by atomic mass is 16.4. The smallest absolute Gasteiger partial charge is 0.190 e. The zero-order valence-corrected chi connectivity index (χ0v) is 15.4. The third-order valence-electron chi connectivity index (χ3n) is 6.80. The number of carbonyl (C=O) groups excluding carboxylic acids is 1. The standard InChI is InChI=1S/C20H28O6/c1-10(2)18(24)7-12(4)20(26)14(17(18)23)6-13(9-21)8-19(25)15(20)5-11(3)16(19)22/h5-6,12,14-15,17,21,23-26H,1,7-9H2,2-4H3. The molecule has 0 aromatic rings. The first-order chi connectivity index (χ1) is 11.9. The molecule has 7 atom stereocenters. The molecule has 3 aliphatic carbocycles. The predicted octanol–water partition coefficient (Wildman–Crippen LogP) is 0.240. The van der Waals surface area contributed by atoms with Gasteiger partial charge in [0.1, 0.15) is 11.2 Å². The van der Waals surface area contributed by atoms with E-state index in [9.17, 15) is 30.3 Å². The van der Waals surface area contributed by atoms with E-state index in [4.69, 9.17) is 0 Å². The molecule has 7 unspecified atom stereocenters. The molecule has 1 saturated carbocycles. The van der Waals surface area contributed by atoms with Crippen molar-refractivity contribution in [3.63, 3.8) is 0 Å². The molecule has 0 bridgehead atoms. The van der Waals surface area contributed by atoms with E-state index in [0.29, 0.717) is 16.7 Å². The maximum absolute atomic E-state index is 12.7. The molecular weight excluding hydrogens is 336 g/mol. The summed E-state index contributed by atoms with van der Waals surface area (Å²) < 4.78 is 0. The molecule has 0 spiro atoms. The lowest BCUT2D eigenvalue weighted by Gasteiger charge is -2.56. The molecule has 5 N–H and O–H groups in total. The van der Waals surface area contributed by atoms with Gasteiger partial charge in [-0.3, -0.25) is 4.79 Å². The molecule has 0 aromatic heterocycles. The van der Waals surface area contributed by atoms with Gasteiger partial charge in [-0.2, -0.15) is 0 Å². The van der Waals surface area contributed by atoms with E-state index in [-0.39, 0.29) is 12.8 Å². The molecule has 1 fully saturated rings. The van der Waals surface area contributed by atoms with Gasteiger partial charge >= 0.3 is 0 Å². The van der Waals surface area contributed by atoms with E-state index in [1.807, 2.05) is 0 Å². The highest BCUT2D eigenvalue weighted by Gasteiger charge is 2.67. The number of rotatable bonds is 2. The van der Waals surface area contributed by atoms with Crippen molar-refractivity contribution < 1.29 is 30.3 Å². The molecule has 26 heavy (non-hydrogen) atoms. The Bertz CT molecular complexity index is 724. The van der Waals surface area contributed by atoms with Crippen molar-refractivity contribution in [2.75, 3.05) is 6.61 Å². The average Bonchev–Trinajstić information content (AvgIpc) is 2.73. The number of hydrogen-bond donors (Lipinski definition) is 5. The van der Waals surface area contributed by atoms with Crippen LogP contribution in [0.2, 0.25) is 0 Å². The zero-order chi connectivity index (χ0) is 19.7. The summed E-state index contributed by atoms with van der Waals surface area (Å²) in [7, 11) is 0. The quantitative estimate of drug-likeness (QED) is 0.448. The molecule has 3 rings (SSSR count). The van der Waals surface area contributed by atoms with Crippen LogP contribution in [0.15, 0.2) is 35.5 Å². The molecule has 0 aromatic carbocycles. The number of hydrogen-bond acceptors (Lipinski definition) is 6. The molecule has 0 heterocycles. The van der Waals surface area contributed by atoms with Crippen molar-refractivity contribution in [1.82, 2.24) is 0 Å². The van der Waals surface area contributed by atoms with Gasteiger partial charge in [0.15, 0.2) is 5.78 Å². The summed E-state index contributed by atoms with van der Waals surface area (Å²) in [6.45, 7) is 8.31. The summed E-state index contributed by atoms with van der Waals surface area (Å²) in [6.07, 6.45) is 1.63. The summed E-state index contributed by atoms with van der Waals surface area (Å²) in [5.74, 6) is -2.92. The van der Waals surface area contributed by atoms with Crippen LogP contribution in [0.25, 0.3) is 0 Å². The van der Waals surface area contributed by atoms with Crippen molar-refractivity contribution in [2.24, 2.45) is 17.8 Å². The van der Waals surface area contributed by atoms with Crippen LogP contribution in [-0.2, 0) is 4.79 Å². The van der Waals surface area contributed by atoms with Crippen LogP contribution < -0.4 is 0 Å². The number of fused-ring (bicyclic) bond motifs is 3. The highest BCUT2D eigenvalue weighted by molar-refractivity contribution is 6.04. The van der Waals surface area contributed by atoms with Crippen LogP contribution in [-0.4, -0.2) is 60.8 Å². The first-order valence-electron chi connectivity index (χ1n) is 8.97. The lowest BCUT2D eigenvalue weighted by atomic mass is 9.55. The predicted molar refractivity (Wildman–Crippen MR) is 95.0 cm³/mol. The van der Waals surface area contributed by atoms with Crippen molar-refractivity contribution >= 4 is 5.78 Å². The van der Waals surface area contributed by atoms with Gasteiger partial charge in [-0.25, -0.2) is 0 Å². The largest absolute Gasteiger partial charge is 0.392 e. The molecule has 0 radical (unpaired) electrons. The molecule has 3 aliphatic rings. The number of ketones is 1. The van der Waals surface area contributed by atoms with Crippen molar-refractivity contribution in [3.05, 3.63) is 35.5 Å². The SMILES string of the molecule is C=C(C)C1(O)CC(C)C2(O)C(C=C(CO)CC3(O)C(=O)C(C)=CC32)C1O. The maximum atomic E-state index is 12.7. The number of aliphatic hydroxyl groups is 5. The van der Waals surface area contributed by atoms with E-state index in [0.717, 1.165) is 0 Å². The molecular formula is C20H28O6. The van der Waals surface area contributed by atoms with Crippen molar-refractivity contribution in [2.45, 2.75) is 56.5 Å². The van der Waals surface area contributed by atoms with Gasteiger partial charge in [0, 0.05) is 18.3 Å². The van der Waals surface area contributed by atoms with Crippen LogP contribution in [0.4, 0.5) is 0 Å². The molecule has 6 heteroatoms. The fourth-order valence-corrected chi connectivity index (χ4v) is 5.21. The second-order valence-corrected chi connectivity index (χ2v) is 8.41.